The second-order valence-electron chi connectivity index (χ2n) is 6.90. The van der Waals surface area contributed by atoms with E-state index in [1.807, 2.05) is 30.1 Å². The molecule has 1 atom stereocenters. The number of hydrogen-bond donors (Lipinski definition) is 0. The first-order chi connectivity index (χ1) is 12.9. The summed E-state index contributed by atoms with van der Waals surface area (Å²) < 4.78 is 23.3. The summed E-state index contributed by atoms with van der Waals surface area (Å²) in [6, 6.07) is 7.35. The van der Waals surface area contributed by atoms with E-state index in [1.54, 1.807) is 36.6 Å². The Balaban J connectivity index is 1.59. The van der Waals surface area contributed by atoms with Gasteiger partial charge in [0.2, 0.25) is 0 Å². The third-order valence-corrected chi connectivity index (χ3v) is 6.71. The Morgan fingerprint density at radius 1 is 1.19 bits per heavy atom. The van der Waals surface area contributed by atoms with E-state index in [2.05, 4.69) is 9.97 Å². The summed E-state index contributed by atoms with van der Waals surface area (Å²) in [5, 5.41) is 0. The lowest BCUT2D eigenvalue weighted by atomic mass is 10.2. The molecule has 3 heterocycles. The zero-order chi connectivity index (χ0) is 19.4. The quantitative estimate of drug-likeness (QED) is 0.744. The van der Waals surface area contributed by atoms with Gasteiger partial charge in [-0.25, -0.2) is 13.4 Å². The largest absolute Gasteiger partial charge is 0.369 e. The molecule has 2 aromatic rings. The highest BCUT2D eigenvalue weighted by Gasteiger charge is 2.31. The molecule has 1 fully saturated rings. The Labute approximate surface area is 160 Å². The molecule has 0 radical (unpaired) electrons. The molecule has 0 N–H and O–H groups in total. The number of likely N-dealkylation sites (N-methyl/N-ethyl adjacent to an activating group) is 1. The molecule has 0 aromatic carbocycles. The first-order valence-corrected chi connectivity index (χ1v) is 10.7. The minimum absolute atomic E-state index is 0.0404. The fourth-order valence-corrected chi connectivity index (χ4v) is 4.93. The molecule has 144 valence electrons. The van der Waals surface area contributed by atoms with Crippen molar-refractivity contribution >= 4 is 21.4 Å². The third-order valence-electron chi connectivity index (χ3n) is 4.96. The zero-order valence-electron chi connectivity index (χ0n) is 15.6. The molecular formula is C19H24N4O3S. The van der Waals surface area contributed by atoms with Gasteiger partial charge in [-0.3, -0.25) is 9.78 Å². The summed E-state index contributed by atoms with van der Waals surface area (Å²) in [5.41, 5.74) is 2.32. The normalized spacial score (nSPS) is 18.2. The Hall–Kier alpha value is -2.48. The van der Waals surface area contributed by atoms with Crippen LogP contribution >= 0.6 is 0 Å². The van der Waals surface area contributed by atoms with E-state index in [4.69, 9.17) is 0 Å². The predicted molar refractivity (Wildman–Crippen MR) is 105 cm³/mol. The van der Waals surface area contributed by atoms with E-state index in [0.29, 0.717) is 18.7 Å². The van der Waals surface area contributed by atoms with Crippen molar-refractivity contribution in [2.75, 3.05) is 37.0 Å². The summed E-state index contributed by atoms with van der Waals surface area (Å²) in [4.78, 5) is 24.4. The van der Waals surface area contributed by atoms with Crippen molar-refractivity contribution in [1.82, 2.24) is 14.9 Å². The molecule has 3 rings (SSSR count). The van der Waals surface area contributed by atoms with Gasteiger partial charge in [0.25, 0.3) is 5.91 Å². The van der Waals surface area contributed by atoms with E-state index in [-0.39, 0.29) is 23.5 Å². The molecule has 7 nitrogen and oxygen atoms in total. The van der Waals surface area contributed by atoms with E-state index in [0.717, 1.165) is 17.7 Å². The zero-order valence-corrected chi connectivity index (χ0v) is 16.4. The Morgan fingerprint density at radius 3 is 2.52 bits per heavy atom. The van der Waals surface area contributed by atoms with Crippen LogP contribution < -0.4 is 4.90 Å². The number of sulfone groups is 1. The van der Waals surface area contributed by atoms with Gasteiger partial charge >= 0.3 is 0 Å². The maximum absolute atomic E-state index is 12.5. The summed E-state index contributed by atoms with van der Waals surface area (Å²) >= 11 is 0. The molecule has 27 heavy (non-hydrogen) atoms. The van der Waals surface area contributed by atoms with Gasteiger partial charge in [0, 0.05) is 39.1 Å². The number of amides is 1. The van der Waals surface area contributed by atoms with Gasteiger partial charge in [-0.05, 0) is 42.7 Å². The van der Waals surface area contributed by atoms with Crippen molar-refractivity contribution < 1.29 is 13.2 Å². The fourth-order valence-electron chi connectivity index (χ4n) is 3.16. The lowest BCUT2D eigenvalue weighted by Crippen LogP contribution is -2.33. The van der Waals surface area contributed by atoms with Crippen molar-refractivity contribution in [3.8, 4) is 0 Å². The average molecular weight is 388 g/mol. The minimum atomic E-state index is -2.94. The lowest BCUT2D eigenvalue weighted by Gasteiger charge is -2.25. The fraction of sp³-hybridized carbons (Fsp3) is 0.421. The van der Waals surface area contributed by atoms with Gasteiger partial charge < -0.3 is 9.80 Å². The summed E-state index contributed by atoms with van der Waals surface area (Å²) in [7, 11) is 0.687. The van der Waals surface area contributed by atoms with Crippen molar-refractivity contribution in [2.45, 2.75) is 18.9 Å². The van der Waals surface area contributed by atoms with Gasteiger partial charge in [-0.2, -0.15) is 0 Å². The van der Waals surface area contributed by atoms with Crippen LogP contribution in [0.15, 0.2) is 42.9 Å². The number of carbonyl (C=O) groups excluding carboxylic acids is 1. The highest BCUT2D eigenvalue weighted by atomic mass is 32.2. The van der Waals surface area contributed by atoms with Crippen molar-refractivity contribution in [3.05, 3.63) is 54.1 Å². The van der Waals surface area contributed by atoms with Gasteiger partial charge in [-0.1, -0.05) is 0 Å². The van der Waals surface area contributed by atoms with Crippen LogP contribution in [0.1, 0.15) is 22.5 Å². The molecule has 0 aliphatic carbocycles. The molecule has 0 bridgehead atoms. The maximum Gasteiger partial charge on any atom is 0.272 e. The molecule has 1 unspecified atom stereocenters. The van der Waals surface area contributed by atoms with Crippen molar-refractivity contribution in [2.24, 2.45) is 0 Å². The monoisotopic (exact) mass is 388 g/mol. The van der Waals surface area contributed by atoms with Gasteiger partial charge in [-0.15, -0.1) is 0 Å². The number of hydrogen-bond acceptors (Lipinski definition) is 6. The Bertz CT molecular complexity index is 885. The summed E-state index contributed by atoms with van der Waals surface area (Å²) in [6.45, 7) is 0.589. The molecule has 0 spiro atoms. The first kappa shape index (κ1) is 19.3. The SMILES string of the molecule is CN(CCc1ccncc1)C(=O)c1ccc(N(C)C2CCS(=O)(=O)C2)cn1. The second kappa shape index (κ2) is 8.04. The van der Waals surface area contributed by atoms with Gasteiger partial charge in [0.1, 0.15) is 5.69 Å². The van der Waals surface area contributed by atoms with Crippen LogP contribution in [-0.2, 0) is 16.3 Å². The Morgan fingerprint density at radius 2 is 1.93 bits per heavy atom. The van der Waals surface area contributed by atoms with Crippen LogP contribution in [0.25, 0.3) is 0 Å². The maximum atomic E-state index is 12.5. The smallest absolute Gasteiger partial charge is 0.272 e. The van der Waals surface area contributed by atoms with Crippen LogP contribution in [0.5, 0.6) is 0 Å². The standard InChI is InChI=1S/C19H24N4O3S/c1-22(11-7-15-5-9-20-10-6-15)19(24)18-4-3-16(13-21-18)23(2)17-8-12-27(25,26)14-17/h3-6,9-10,13,17H,7-8,11-12,14H2,1-2H3. The average Bonchev–Trinajstić information content (AvgIpc) is 3.05. The lowest BCUT2D eigenvalue weighted by molar-refractivity contribution is 0.0791. The number of anilines is 1. The number of carbonyl (C=O) groups is 1. The van der Waals surface area contributed by atoms with Crippen molar-refractivity contribution in [1.29, 1.82) is 0 Å². The number of aromatic nitrogens is 2. The highest BCUT2D eigenvalue weighted by Crippen LogP contribution is 2.22. The van der Waals surface area contributed by atoms with Crippen LogP contribution in [0.2, 0.25) is 0 Å². The van der Waals surface area contributed by atoms with Crippen molar-refractivity contribution in [3.63, 3.8) is 0 Å². The minimum Gasteiger partial charge on any atom is -0.369 e. The van der Waals surface area contributed by atoms with Crippen LogP contribution in [-0.4, -0.2) is 67.4 Å². The van der Waals surface area contributed by atoms with E-state index in [9.17, 15) is 13.2 Å². The first-order valence-electron chi connectivity index (χ1n) is 8.89. The molecule has 1 saturated heterocycles. The molecular weight excluding hydrogens is 364 g/mol. The number of nitrogens with zero attached hydrogens (tertiary/aromatic N) is 4. The Kier molecular flexibility index (Phi) is 5.74. The molecule has 1 aliphatic heterocycles. The van der Waals surface area contributed by atoms with Gasteiger partial charge in [0.15, 0.2) is 9.84 Å². The molecule has 8 heteroatoms. The van der Waals surface area contributed by atoms with E-state index >= 15 is 0 Å². The van der Waals surface area contributed by atoms with Crippen LogP contribution in [0, 0.1) is 0 Å². The summed E-state index contributed by atoms with van der Waals surface area (Å²) in [5.74, 6) is 0.262. The number of pyridine rings is 2. The third kappa shape index (κ3) is 4.82. The molecule has 1 amide bonds. The van der Waals surface area contributed by atoms with E-state index in [1.165, 1.54) is 0 Å². The van der Waals surface area contributed by atoms with Crippen LogP contribution in [0.4, 0.5) is 5.69 Å². The topological polar surface area (TPSA) is 83.5 Å². The number of rotatable bonds is 6. The highest BCUT2D eigenvalue weighted by molar-refractivity contribution is 7.91. The van der Waals surface area contributed by atoms with E-state index < -0.39 is 9.84 Å². The second-order valence-corrected chi connectivity index (χ2v) is 9.13. The molecule has 0 saturated carbocycles. The molecule has 1 aliphatic rings. The predicted octanol–water partition coefficient (Wildman–Crippen LogP) is 1.41. The summed E-state index contributed by atoms with van der Waals surface area (Å²) in [6.07, 6.45) is 6.49. The van der Waals surface area contributed by atoms with Crippen LogP contribution in [0.3, 0.4) is 0 Å². The molecule has 2 aromatic heterocycles. The van der Waals surface area contributed by atoms with Gasteiger partial charge in [0.05, 0.1) is 23.4 Å².